The van der Waals surface area contributed by atoms with Crippen molar-refractivity contribution in [2.45, 2.75) is 12.2 Å². The average molecular weight is 284 g/mol. The van der Waals surface area contributed by atoms with Crippen LogP contribution in [0.5, 0.6) is 0 Å². The summed E-state index contributed by atoms with van der Waals surface area (Å²) in [5, 5.41) is 16.4. The van der Waals surface area contributed by atoms with E-state index in [-0.39, 0.29) is 22.4 Å². The number of nitrogens with one attached hydrogen (secondary N) is 2. The molecule has 0 aromatic carbocycles. The number of nitro groups is 1. The second-order valence-electron chi connectivity index (χ2n) is 3.85. The van der Waals surface area contributed by atoms with Crippen molar-refractivity contribution in [1.29, 1.82) is 0 Å². The van der Waals surface area contributed by atoms with Gasteiger partial charge < -0.3 is 10.6 Å². The van der Waals surface area contributed by atoms with Crippen LogP contribution in [-0.4, -0.2) is 40.9 Å². The van der Waals surface area contributed by atoms with Gasteiger partial charge in [0.2, 0.25) is 0 Å². The van der Waals surface area contributed by atoms with Crippen LogP contribution in [0.25, 0.3) is 0 Å². The maximum Gasteiger partial charge on any atom is 0.288 e. The zero-order valence-electron chi connectivity index (χ0n) is 11.0. The van der Waals surface area contributed by atoms with E-state index in [1.165, 1.54) is 6.07 Å². The van der Waals surface area contributed by atoms with Crippen molar-refractivity contribution in [3.63, 3.8) is 0 Å². The van der Waals surface area contributed by atoms with E-state index in [1.807, 2.05) is 13.2 Å². The zero-order chi connectivity index (χ0) is 14.4. The van der Waals surface area contributed by atoms with Crippen LogP contribution in [0.4, 0.5) is 11.5 Å². The molecule has 2 N–H and O–H groups in total. The van der Waals surface area contributed by atoms with Crippen LogP contribution < -0.4 is 10.6 Å². The first-order valence-electron chi connectivity index (χ1n) is 5.62. The SMILES string of the molecule is CNc1ncc([N+](=O)[O-])cc1C(=O)NCC(C)SC. The molecule has 0 bridgehead atoms. The summed E-state index contributed by atoms with van der Waals surface area (Å²) in [7, 11) is 1.61. The zero-order valence-corrected chi connectivity index (χ0v) is 11.8. The number of hydrogen-bond donors (Lipinski definition) is 2. The van der Waals surface area contributed by atoms with Crippen LogP contribution in [0.2, 0.25) is 0 Å². The summed E-state index contributed by atoms with van der Waals surface area (Å²) in [5.74, 6) is -0.0543. The molecule has 19 heavy (non-hydrogen) atoms. The Morgan fingerprint density at radius 2 is 2.32 bits per heavy atom. The van der Waals surface area contributed by atoms with Crippen LogP contribution >= 0.6 is 11.8 Å². The molecular formula is C11H16N4O3S. The van der Waals surface area contributed by atoms with Crippen LogP contribution in [0.1, 0.15) is 17.3 Å². The third kappa shape index (κ3) is 4.09. The number of aromatic nitrogens is 1. The van der Waals surface area contributed by atoms with E-state index < -0.39 is 4.92 Å². The van der Waals surface area contributed by atoms with Gasteiger partial charge in [-0.1, -0.05) is 6.92 Å². The molecule has 0 aliphatic rings. The lowest BCUT2D eigenvalue weighted by molar-refractivity contribution is -0.385. The number of amides is 1. The molecule has 0 radical (unpaired) electrons. The molecule has 0 aliphatic carbocycles. The summed E-state index contributed by atoms with van der Waals surface area (Å²) in [5.41, 5.74) is -0.0351. The summed E-state index contributed by atoms with van der Waals surface area (Å²) in [6, 6.07) is 1.22. The molecule has 1 unspecified atom stereocenters. The van der Waals surface area contributed by atoms with Crippen molar-refractivity contribution < 1.29 is 9.72 Å². The summed E-state index contributed by atoms with van der Waals surface area (Å²) in [6.07, 6.45) is 3.07. The second kappa shape index (κ2) is 6.93. The lowest BCUT2D eigenvalue weighted by Gasteiger charge is -2.11. The van der Waals surface area contributed by atoms with Gasteiger partial charge in [0.1, 0.15) is 12.0 Å². The number of carbonyl (C=O) groups excluding carboxylic acids is 1. The third-order valence-corrected chi connectivity index (χ3v) is 3.49. The molecule has 1 aromatic heterocycles. The fourth-order valence-electron chi connectivity index (χ4n) is 1.34. The smallest absolute Gasteiger partial charge is 0.288 e. The molecule has 0 saturated heterocycles. The Kier molecular flexibility index (Phi) is 5.56. The van der Waals surface area contributed by atoms with Crippen molar-refractivity contribution in [2.24, 2.45) is 0 Å². The Labute approximate surface area is 115 Å². The van der Waals surface area contributed by atoms with Gasteiger partial charge in [-0.2, -0.15) is 11.8 Å². The van der Waals surface area contributed by atoms with Gasteiger partial charge >= 0.3 is 0 Å². The number of rotatable bonds is 6. The highest BCUT2D eigenvalue weighted by molar-refractivity contribution is 7.99. The van der Waals surface area contributed by atoms with Gasteiger partial charge in [-0.15, -0.1) is 0 Å². The molecule has 1 aromatic rings. The number of carbonyl (C=O) groups is 1. The van der Waals surface area contributed by atoms with Crippen molar-refractivity contribution in [2.75, 3.05) is 25.2 Å². The monoisotopic (exact) mass is 284 g/mol. The van der Waals surface area contributed by atoms with E-state index in [1.54, 1.807) is 18.8 Å². The van der Waals surface area contributed by atoms with Gasteiger partial charge in [0, 0.05) is 24.9 Å². The minimum Gasteiger partial charge on any atom is -0.372 e. The van der Waals surface area contributed by atoms with E-state index in [0.29, 0.717) is 12.4 Å². The summed E-state index contributed by atoms with van der Waals surface area (Å²) in [6.45, 7) is 2.47. The Bertz CT molecular complexity index is 481. The van der Waals surface area contributed by atoms with Crippen molar-refractivity contribution in [3.05, 3.63) is 27.9 Å². The Balaban J connectivity index is 2.93. The van der Waals surface area contributed by atoms with E-state index in [2.05, 4.69) is 15.6 Å². The lowest BCUT2D eigenvalue weighted by atomic mass is 10.2. The molecule has 0 spiro atoms. The number of hydrogen-bond acceptors (Lipinski definition) is 6. The average Bonchev–Trinajstić information content (AvgIpc) is 2.43. The molecule has 0 aliphatic heterocycles. The first-order chi connectivity index (χ1) is 8.99. The number of anilines is 1. The summed E-state index contributed by atoms with van der Waals surface area (Å²) >= 11 is 1.63. The fourth-order valence-corrected chi connectivity index (χ4v) is 1.59. The van der Waals surface area contributed by atoms with E-state index in [4.69, 9.17) is 0 Å². The lowest BCUT2D eigenvalue weighted by Crippen LogP contribution is -2.30. The van der Waals surface area contributed by atoms with E-state index >= 15 is 0 Å². The van der Waals surface area contributed by atoms with Gasteiger partial charge in [-0.3, -0.25) is 14.9 Å². The van der Waals surface area contributed by atoms with Crippen molar-refractivity contribution in [3.8, 4) is 0 Å². The molecule has 1 rings (SSSR count). The quantitative estimate of drug-likeness (QED) is 0.607. The summed E-state index contributed by atoms with van der Waals surface area (Å²) < 4.78 is 0. The molecule has 0 fully saturated rings. The largest absolute Gasteiger partial charge is 0.372 e. The predicted octanol–water partition coefficient (Wildman–Crippen LogP) is 1.51. The van der Waals surface area contributed by atoms with Crippen LogP contribution in [0, 0.1) is 10.1 Å². The van der Waals surface area contributed by atoms with E-state index in [9.17, 15) is 14.9 Å². The molecule has 1 amide bonds. The highest BCUT2D eigenvalue weighted by Gasteiger charge is 2.17. The van der Waals surface area contributed by atoms with Gasteiger partial charge in [0.25, 0.3) is 11.6 Å². The van der Waals surface area contributed by atoms with E-state index in [0.717, 1.165) is 6.20 Å². The number of nitrogens with zero attached hydrogens (tertiary/aromatic N) is 2. The highest BCUT2D eigenvalue weighted by Crippen LogP contribution is 2.18. The van der Waals surface area contributed by atoms with Crippen LogP contribution in [0.15, 0.2) is 12.3 Å². The maximum atomic E-state index is 12.0. The molecule has 104 valence electrons. The van der Waals surface area contributed by atoms with Gasteiger partial charge in [-0.05, 0) is 6.26 Å². The Morgan fingerprint density at radius 1 is 1.63 bits per heavy atom. The minimum absolute atomic E-state index is 0.171. The molecule has 1 heterocycles. The van der Waals surface area contributed by atoms with Gasteiger partial charge in [-0.25, -0.2) is 4.98 Å². The molecular weight excluding hydrogens is 268 g/mol. The normalized spacial score (nSPS) is 11.7. The summed E-state index contributed by atoms with van der Waals surface area (Å²) in [4.78, 5) is 26.0. The third-order valence-electron chi connectivity index (χ3n) is 2.52. The predicted molar refractivity (Wildman–Crippen MR) is 75.7 cm³/mol. The molecule has 1 atom stereocenters. The maximum absolute atomic E-state index is 12.0. The molecule has 7 nitrogen and oxygen atoms in total. The topological polar surface area (TPSA) is 97.2 Å². The Morgan fingerprint density at radius 3 is 2.84 bits per heavy atom. The molecule has 0 saturated carbocycles. The minimum atomic E-state index is -0.576. The number of thioether (sulfide) groups is 1. The highest BCUT2D eigenvalue weighted by atomic mass is 32.2. The van der Waals surface area contributed by atoms with Crippen molar-refractivity contribution in [1.82, 2.24) is 10.3 Å². The fraction of sp³-hybridized carbons (Fsp3) is 0.455. The standard InChI is InChI=1S/C11H16N4O3S/c1-7(19-3)5-14-11(16)9-4-8(15(17)18)6-13-10(9)12-2/h4,6-7H,5H2,1-3H3,(H,12,13)(H,14,16). The van der Waals surface area contributed by atoms with Crippen LogP contribution in [0.3, 0.4) is 0 Å². The van der Waals surface area contributed by atoms with Crippen molar-refractivity contribution >= 4 is 29.2 Å². The first-order valence-corrected chi connectivity index (χ1v) is 6.91. The van der Waals surface area contributed by atoms with Gasteiger partial charge in [0.05, 0.1) is 10.5 Å². The van der Waals surface area contributed by atoms with Gasteiger partial charge in [0.15, 0.2) is 0 Å². The second-order valence-corrected chi connectivity index (χ2v) is 5.13. The first kappa shape index (κ1) is 15.2. The van der Waals surface area contributed by atoms with Crippen LogP contribution in [-0.2, 0) is 0 Å². The number of pyridine rings is 1. The Hall–Kier alpha value is -1.83. The molecule has 8 heteroatoms.